The third kappa shape index (κ3) is 2.35. The quantitative estimate of drug-likeness (QED) is 0.507. The standard InChI is InChI=1S/C22H17N5O3S/c1-11-4-3-5-13-18(11)26-20(29)22(13)9-17(28)25-19-14(22)10-23-27(19)21-24-15-7-6-12(30-2)8-16(15)31-21/h3-8,10H,9H2,1-2H3,(H,25,28)(H,26,29)/t22-/m0/s1. The van der Waals surface area contributed by atoms with E-state index in [9.17, 15) is 9.59 Å². The molecule has 9 heteroatoms. The fraction of sp³-hybridized carbons (Fsp3) is 0.182. The number of carbonyl (C=O) groups excluding carboxylic acids is 2. The number of carbonyl (C=O) groups is 2. The summed E-state index contributed by atoms with van der Waals surface area (Å²) in [6, 6.07) is 11.4. The molecule has 4 aromatic rings. The summed E-state index contributed by atoms with van der Waals surface area (Å²) in [6.45, 7) is 1.95. The molecule has 0 fully saturated rings. The third-order valence-electron chi connectivity index (χ3n) is 6.04. The lowest BCUT2D eigenvalue weighted by Crippen LogP contribution is -2.43. The number of para-hydroxylation sites is 1. The molecule has 1 atom stereocenters. The van der Waals surface area contributed by atoms with Crippen molar-refractivity contribution in [2.45, 2.75) is 18.8 Å². The monoisotopic (exact) mass is 431 g/mol. The van der Waals surface area contributed by atoms with Gasteiger partial charge in [0.1, 0.15) is 17.0 Å². The van der Waals surface area contributed by atoms with Crippen molar-refractivity contribution in [2.24, 2.45) is 0 Å². The Labute approximate surface area is 180 Å². The van der Waals surface area contributed by atoms with Gasteiger partial charge in [0.05, 0.1) is 23.5 Å². The number of benzene rings is 2. The SMILES string of the molecule is COc1ccc2nc(-n3ncc4c3NC(=O)C[C@@]43C(=O)Nc4c(C)cccc43)sc2c1. The van der Waals surface area contributed by atoms with Crippen LogP contribution in [0.5, 0.6) is 5.75 Å². The molecule has 2 N–H and O–H groups in total. The molecule has 2 aromatic heterocycles. The summed E-state index contributed by atoms with van der Waals surface area (Å²) in [4.78, 5) is 30.7. The molecule has 2 aromatic carbocycles. The van der Waals surface area contributed by atoms with Gasteiger partial charge < -0.3 is 15.4 Å². The minimum absolute atomic E-state index is 0.0328. The normalized spacial score (nSPS) is 19.3. The van der Waals surface area contributed by atoms with Crippen LogP contribution in [0.4, 0.5) is 11.5 Å². The molecule has 4 heterocycles. The van der Waals surface area contributed by atoms with Gasteiger partial charge >= 0.3 is 0 Å². The van der Waals surface area contributed by atoms with E-state index in [2.05, 4.69) is 20.7 Å². The molecule has 8 nitrogen and oxygen atoms in total. The highest BCUT2D eigenvalue weighted by atomic mass is 32.1. The number of hydrogen-bond donors (Lipinski definition) is 2. The van der Waals surface area contributed by atoms with Gasteiger partial charge in [-0.05, 0) is 36.2 Å². The summed E-state index contributed by atoms with van der Waals surface area (Å²) in [6.07, 6.45) is 1.70. The highest BCUT2D eigenvalue weighted by Crippen LogP contribution is 2.51. The Bertz CT molecular complexity index is 1420. The van der Waals surface area contributed by atoms with Crippen molar-refractivity contribution < 1.29 is 14.3 Å². The first-order valence-electron chi connectivity index (χ1n) is 9.76. The zero-order valence-corrected chi connectivity index (χ0v) is 17.5. The number of aromatic nitrogens is 3. The van der Waals surface area contributed by atoms with Crippen LogP contribution < -0.4 is 15.4 Å². The molecule has 1 spiro atoms. The van der Waals surface area contributed by atoms with Crippen molar-refractivity contribution in [3.63, 3.8) is 0 Å². The van der Waals surface area contributed by atoms with Gasteiger partial charge in [-0.25, -0.2) is 4.98 Å². The van der Waals surface area contributed by atoms with Crippen LogP contribution in [-0.4, -0.2) is 33.7 Å². The Kier molecular flexibility index (Phi) is 3.58. The van der Waals surface area contributed by atoms with E-state index in [0.29, 0.717) is 16.5 Å². The maximum absolute atomic E-state index is 13.3. The van der Waals surface area contributed by atoms with Gasteiger partial charge in [0.15, 0.2) is 0 Å². The fourth-order valence-corrected chi connectivity index (χ4v) is 5.48. The molecule has 154 valence electrons. The molecule has 6 rings (SSSR count). The predicted octanol–water partition coefficient (Wildman–Crippen LogP) is 3.38. The summed E-state index contributed by atoms with van der Waals surface area (Å²) in [5.74, 6) is 0.779. The van der Waals surface area contributed by atoms with Gasteiger partial charge in [-0.3, -0.25) is 9.59 Å². The first-order valence-corrected chi connectivity index (χ1v) is 10.6. The highest BCUT2D eigenvalue weighted by molar-refractivity contribution is 7.20. The van der Waals surface area contributed by atoms with Crippen LogP contribution in [0.25, 0.3) is 15.3 Å². The van der Waals surface area contributed by atoms with E-state index >= 15 is 0 Å². The minimum atomic E-state index is -1.10. The van der Waals surface area contributed by atoms with Crippen molar-refractivity contribution in [3.05, 3.63) is 59.3 Å². The van der Waals surface area contributed by atoms with Gasteiger partial charge in [-0.2, -0.15) is 9.78 Å². The summed E-state index contributed by atoms with van der Waals surface area (Å²) < 4.78 is 7.84. The van der Waals surface area contributed by atoms with E-state index in [1.165, 1.54) is 11.3 Å². The van der Waals surface area contributed by atoms with E-state index in [0.717, 1.165) is 32.8 Å². The van der Waals surface area contributed by atoms with Gasteiger partial charge in [-0.15, -0.1) is 0 Å². The molecule has 2 aliphatic rings. The number of nitrogens with zero attached hydrogens (tertiary/aromatic N) is 3. The van der Waals surface area contributed by atoms with Crippen LogP contribution in [0, 0.1) is 6.92 Å². The van der Waals surface area contributed by atoms with E-state index in [1.807, 2.05) is 43.3 Å². The van der Waals surface area contributed by atoms with E-state index in [1.54, 1.807) is 18.0 Å². The first-order chi connectivity index (χ1) is 15.0. The van der Waals surface area contributed by atoms with Gasteiger partial charge in [0, 0.05) is 17.7 Å². The number of nitrogens with one attached hydrogen (secondary N) is 2. The van der Waals surface area contributed by atoms with Crippen LogP contribution in [0.3, 0.4) is 0 Å². The number of aryl methyl sites for hydroxylation is 1. The number of hydrogen-bond acceptors (Lipinski definition) is 6. The second-order valence-electron chi connectivity index (χ2n) is 7.73. The Morgan fingerprint density at radius 2 is 2.03 bits per heavy atom. The highest BCUT2D eigenvalue weighted by Gasteiger charge is 2.54. The lowest BCUT2D eigenvalue weighted by atomic mass is 9.71. The van der Waals surface area contributed by atoms with E-state index < -0.39 is 5.41 Å². The van der Waals surface area contributed by atoms with Crippen LogP contribution in [0.15, 0.2) is 42.6 Å². The van der Waals surface area contributed by atoms with Crippen molar-refractivity contribution in [3.8, 4) is 10.9 Å². The molecule has 2 amide bonds. The molecular weight excluding hydrogens is 414 g/mol. The molecule has 0 saturated carbocycles. The number of amides is 2. The van der Waals surface area contributed by atoms with Gasteiger partial charge in [0.2, 0.25) is 16.9 Å². The largest absolute Gasteiger partial charge is 0.497 e. The molecule has 0 aliphatic carbocycles. The van der Waals surface area contributed by atoms with E-state index in [-0.39, 0.29) is 18.2 Å². The number of rotatable bonds is 2. The number of ether oxygens (including phenoxy) is 1. The Morgan fingerprint density at radius 1 is 1.16 bits per heavy atom. The Balaban J connectivity index is 1.56. The van der Waals surface area contributed by atoms with E-state index in [4.69, 9.17) is 4.74 Å². The number of fused-ring (bicyclic) bond motifs is 5. The molecular formula is C22H17N5O3S. The van der Waals surface area contributed by atoms with Crippen LogP contribution in [-0.2, 0) is 15.0 Å². The average molecular weight is 431 g/mol. The van der Waals surface area contributed by atoms with Gasteiger partial charge in [-0.1, -0.05) is 29.5 Å². The van der Waals surface area contributed by atoms with Gasteiger partial charge in [0.25, 0.3) is 0 Å². The lowest BCUT2D eigenvalue weighted by Gasteiger charge is -2.31. The zero-order chi connectivity index (χ0) is 21.3. The summed E-state index contributed by atoms with van der Waals surface area (Å²) in [5.41, 5.74) is 2.92. The Hall–Kier alpha value is -3.72. The minimum Gasteiger partial charge on any atom is -0.497 e. The fourth-order valence-electron chi connectivity index (χ4n) is 4.52. The number of thiazole rings is 1. The van der Waals surface area contributed by atoms with Crippen molar-refractivity contribution in [1.82, 2.24) is 14.8 Å². The molecule has 31 heavy (non-hydrogen) atoms. The summed E-state index contributed by atoms with van der Waals surface area (Å²) >= 11 is 1.44. The first kappa shape index (κ1) is 18.1. The Morgan fingerprint density at radius 3 is 2.87 bits per heavy atom. The maximum Gasteiger partial charge on any atom is 0.240 e. The second-order valence-corrected chi connectivity index (χ2v) is 8.74. The lowest BCUT2D eigenvalue weighted by molar-refractivity contribution is -0.125. The molecule has 2 aliphatic heterocycles. The second kappa shape index (κ2) is 6.14. The zero-order valence-electron chi connectivity index (χ0n) is 16.7. The summed E-state index contributed by atoms with van der Waals surface area (Å²) in [5, 5.41) is 11.0. The van der Waals surface area contributed by atoms with Crippen molar-refractivity contribution in [1.29, 1.82) is 0 Å². The van der Waals surface area contributed by atoms with Crippen LogP contribution in [0.2, 0.25) is 0 Å². The topological polar surface area (TPSA) is 98.1 Å². The van der Waals surface area contributed by atoms with Crippen LogP contribution >= 0.6 is 11.3 Å². The molecule has 0 saturated heterocycles. The average Bonchev–Trinajstić information content (AvgIpc) is 3.43. The number of anilines is 2. The van der Waals surface area contributed by atoms with Crippen molar-refractivity contribution >= 4 is 44.9 Å². The summed E-state index contributed by atoms with van der Waals surface area (Å²) in [7, 11) is 1.62. The van der Waals surface area contributed by atoms with Crippen molar-refractivity contribution in [2.75, 3.05) is 17.7 Å². The smallest absolute Gasteiger partial charge is 0.240 e. The predicted molar refractivity (Wildman–Crippen MR) is 117 cm³/mol. The van der Waals surface area contributed by atoms with Crippen LogP contribution in [0.1, 0.15) is 23.1 Å². The molecule has 0 bridgehead atoms. The molecule has 0 unspecified atom stereocenters. The maximum atomic E-state index is 13.3. The number of methoxy groups -OCH3 is 1. The third-order valence-corrected chi connectivity index (χ3v) is 7.03. The molecule has 0 radical (unpaired) electrons.